The van der Waals surface area contributed by atoms with Gasteiger partial charge >= 0.3 is 5.97 Å². The summed E-state index contributed by atoms with van der Waals surface area (Å²) < 4.78 is 0.907. The van der Waals surface area contributed by atoms with Crippen molar-refractivity contribution < 1.29 is 14.7 Å². The number of fused-ring (bicyclic) bond motifs is 1. The predicted molar refractivity (Wildman–Crippen MR) is 79.7 cm³/mol. The summed E-state index contributed by atoms with van der Waals surface area (Å²) in [6.45, 7) is 3.50. The van der Waals surface area contributed by atoms with Crippen LogP contribution >= 0.6 is 15.9 Å². The van der Waals surface area contributed by atoms with Gasteiger partial charge in [0.2, 0.25) is 0 Å². The van der Waals surface area contributed by atoms with Gasteiger partial charge in [-0.15, -0.1) is 0 Å². The number of aromatic amines is 1. The lowest BCUT2D eigenvalue weighted by atomic mass is 10.0. The number of carboxylic acids is 1. The van der Waals surface area contributed by atoms with Crippen LogP contribution in [0, 0.1) is 5.92 Å². The molecule has 1 heterocycles. The summed E-state index contributed by atoms with van der Waals surface area (Å²) in [6, 6.07) is 6.43. The lowest BCUT2D eigenvalue weighted by Gasteiger charge is -2.17. The van der Waals surface area contributed by atoms with Crippen LogP contribution in [0.2, 0.25) is 0 Å². The predicted octanol–water partition coefficient (Wildman–Crippen LogP) is 2.77. The zero-order valence-electron chi connectivity index (χ0n) is 11.1. The first-order valence-electron chi connectivity index (χ1n) is 6.20. The largest absolute Gasteiger partial charge is 0.480 e. The van der Waals surface area contributed by atoms with Gasteiger partial charge < -0.3 is 15.4 Å². The number of nitrogens with one attached hydrogen (secondary N) is 2. The third kappa shape index (κ3) is 3.01. The molecule has 0 radical (unpaired) electrons. The average Bonchev–Trinajstić information content (AvgIpc) is 2.77. The molecule has 0 aliphatic heterocycles. The molecule has 0 saturated carbocycles. The van der Waals surface area contributed by atoms with Crippen LogP contribution in [-0.4, -0.2) is 28.0 Å². The van der Waals surface area contributed by atoms with E-state index in [-0.39, 0.29) is 5.92 Å². The van der Waals surface area contributed by atoms with E-state index in [1.807, 2.05) is 18.2 Å². The standard InChI is InChI=1S/C14H15BrN2O3/c1-7(2)12(14(19)20)17-13(18)11-5-8-3-4-9(15)6-10(8)16-11/h3-7,12,16H,1-2H3,(H,17,18)(H,19,20)/t12-/m1/s1. The van der Waals surface area contributed by atoms with Crippen molar-refractivity contribution in [2.24, 2.45) is 5.92 Å². The van der Waals surface area contributed by atoms with Crippen molar-refractivity contribution in [2.45, 2.75) is 19.9 Å². The number of carboxylic acid groups (broad SMARTS) is 1. The summed E-state index contributed by atoms with van der Waals surface area (Å²) in [4.78, 5) is 26.2. The highest BCUT2D eigenvalue weighted by molar-refractivity contribution is 9.10. The maximum absolute atomic E-state index is 12.1. The summed E-state index contributed by atoms with van der Waals surface area (Å²) in [5.41, 5.74) is 1.17. The third-order valence-corrected chi connectivity index (χ3v) is 3.54. The van der Waals surface area contributed by atoms with Gasteiger partial charge in [0.1, 0.15) is 11.7 Å². The number of rotatable bonds is 4. The lowest BCUT2D eigenvalue weighted by Crippen LogP contribution is -2.44. The van der Waals surface area contributed by atoms with Crippen LogP contribution < -0.4 is 5.32 Å². The molecular formula is C14H15BrN2O3. The molecule has 3 N–H and O–H groups in total. The Morgan fingerprint density at radius 2 is 2.00 bits per heavy atom. The molecule has 0 fully saturated rings. The molecule has 0 spiro atoms. The fourth-order valence-corrected chi connectivity index (χ4v) is 2.32. The number of carbonyl (C=O) groups excluding carboxylic acids is 1. The van der Waals surface area contributed by atoms with Crippen molar-refractivity contribution in [2.75, 3.05) is 0 Å². The van der Waals surface area contributed by atoms with Crippen molar-refractivity contribution in [1.82, 2.24) is 10.3 Å². The topological polar surface area (TPSA) is 82.2 Å². The van der Waals surface area contributed by atoms with Gasteiger partial charge in [-0.3, -0.25) is 4.79 Å². The molecule has 2 rings (SSSR count). The van der Waals surface area contributed by atoms with Gasteiger partial charge in [0.15, 0.2) is 0 Å². The van der Waals surface area contributed by atoms with Gasteiger partial charge in [0.05, 0.1) is 0 Å². The molecule has 5 nitrogen and oxygen atoms in total. The summed E-state index contributed by atoms with van der Waals surface area (Å²) in [7, 11) is 0. The number of benzene rings is 1. The third-order valence-electron chi connectivity index (χ3n) is 3.05. The normalized spacial score (nSPS) is 12.6. The molecular weight excluding hydrogens is 324 g/mol. The van der Waals surface area contributed by atoms with E-state index in [1.165, 1.54) is 0 Å². The molecule has 0 bridgehead atoms. The highest BCUT2D eigenvalue weighted by Gasteiger charge is 2.24. The minimum absolute atomic E-state index is 0.185. The van der Waals surface area contributed by atoms with Crippen molar-refractivity contribution in [3.05, 3.63) is 34.4 Å². The average molecular weight is 339 g/mol. The molecule has 0 aliphatic rings. The fraction of sp³-hybridized carbons (Fsp3) is 0.286. The zero-order valence-corrected chi connectivity index (χ0v) is 12.7. The van der Waals surface area contributed by atoms with Crippen molar-refractivity contribution in [1.29, 1.82) is 0 Å². The number of hydrogen-bond acceptors (Lipinski definition) is 2. The molecule has 1 atom stereocenters. The van der Waals surface area contributed by atoms with Crippen LogP contribution in [0.15, 0.2) is 28.7 Å². The Kier molecular flexibility index (Phi) is 4.13. The monoisotopic (exact) mass is 338 g/mol. The van der Waals surface area contributed by atoms with Crippen LogP contribution in [-0.2, 0) is 4.79 Å². The van der Waals surface area contributed by atoms with Gasteiger partial charge in [0.25, 0.3) is 5.91 Å². The first-order chi connectivity index (χ1) is 9.38. The highest BCUT2D eigenvalue weighted by atomic mass is 79.9. The SMILES string of the molecule is CC(C)[C@@H](NC(=O)c1cc2ccc(Br)cc2[nH]1)C(=O)O. The molecule has 2 aromatic rings. The second-order valence-electron chi connectivity index (χ2n) is 4.95. The van der Waals surface area contributed by atoms with E-state index in [0.29, 0.717) is 5.69 Å². The Morgan fingerprint density at radius 3 is 2.60 bits per heavy atom. The van der Waals surface area contributed by atoms with E-state index in [2.05, 4.69) is 26.2 Å². The smallest absolute Gasteiger partial charge is 0.326 e. The van der Waals surface area contributed by atoms with Crippen molar-refractivity contribution >= 4 is 38.7 Å². The Hall–Kier alpha value is -1.82. The molecule has 1 aromatic heterocycles. The van der Waals surface area contributed by atoms with Gasteiger partial charge in [-0.05, 0) is 24.1 Å². The summed E-state index contributed by atoms with van der Waals surface area (Å²) in [5.74, 6) is -1.64. The molecule has 0 saturated heterocycles. The number of carbonyl (C=O) groups is 2. The summed E-state index contributed by atoms with van der Waals surface area (Å²) >= 11 is 3.36. The molecule has 1 aromatic carbocycles. The van der Waals surface area contributed by atoms with Crippen LogP contribution in [0.1, 0.15) is 24.3 Å². The maximum Gasteiger partial charge on any atom is 0.326 e. The van der Waals surface area contributed by atoms with Crippen LogP contribution in [0.4, 0.5) is 0 Å². The minimum atomic E-state index is -1.03. The molecule has 0 aliphatic carbocycles. The van der Waals surface area contributed by atoms with Gasteiger partial charge in [-0.1, -0.05) is 35.8 Å². The summed E-state index contributed by atoms with van der Waals surface area (Å²) in [6.07, 6.45) is 0. The highest BCUT2D eigenvalue weighted by Crippen LogP contribution is 2.20. The van der Waals surface area contributed by atoms with Crippen LogP contribution in [0.5, 0.6) is 0 Å². The Morgan fingerprint density at radius 1 is 1.30 bits per heavy atom. The van der Waals surface area contributed by atoms with Crippen LogP contribution in [0.3, 0.4) is 0 Å². The van der Waals surface area contributed by atoms with E-state index < -0.39 is 17.9 Å². The molecule has 106 valence electrons. The first-order valence-corrected chi connectivity index (χ1v) is 6.99. The number of H-pyrrole nitrogens is 1. The number of aliphatic carboxylic acids is 1. The number of aromatic nitrogens is 1. The first kappa shape index (κ1) is 14.6. The Labute approximate surface area is 124 Å². The van der Waals surface area contributed by atoms with Gasteiger partial charge in [-0.2, -0.15) is 0 Å². The van der Waals surface area contributed by atoms with Gasteiger partial charge in [0, 0.05) is 15.4 Å². The maximum atomic E-state index is 12.1. The number of halogens is 1. The zero-order chi connectivity index (χ0) is 14.9. The molecule has 0 unspecified atom stereocenters. The fourth-order valence-electron chi connectivity index (χ4n) is 1.95. The molecule has 1 amide bonds. The lowest BCUT2D eigenvalue weighted by molar-refractivity contribution is -0.140. The van der Waals surface area contributed by atoms with E-state index in [9.17, 15) is 9.59 Å². The Balaban J connectivity index is 2.25. The quantitative estimate of drug-likeness (QED) is 0.801. The van der Waals surface area contributed by atoms with Crippen molar-refractivity contribution in [3.63, 3.8) is 0 Å². The van der Waals surface area contributed by atoms with E-state index >= 15 is 0 Å². The number of hydrogen-bond donors (Lipinski definition) is 3. The summed E-state index contributed by atoms with van der Waals surface area (Å²) in [5, 5.41) is 12.5. The van der Waals surface area contributed by atoms with Crippen LogP contribution in [0.25, 0.3) is 10.9 Å². The van der Waals surface area contributed by atoms with Crippen molar-refractivity contribution in [3.8, 4) is 0 Å². The number of amides is 1. The van der Waals surface area contributed by atoms with E-state index in [0.717, 1.165) is 15.4 Å². The van der Waals surface area contributed by atoms with E-state index in [4.69, 9.17) is 5.11 Å². The van der Waals surface area contributed by atoms with Gasteiger partial charge in [-0.25, -0.2) is 4.79 Å². The second-order valence-corrected chi connectivity index (χ2v) is 5.86. The molecule has 20 heavy (non-hydrogen) atoms. The minimum Gasteiger partial charge on any atom is -0.480 e. The second kappa shape index (κ2) is 5.66. The van der Waals surface area contributed by atoms with E-state index in [1.54, 1.807) is 19.9 Å². The molecule has 6 heteroatoms. The Bertz CT molecular complexity index is 663.